The van der Waals surface area contributed by atoms with Crippen molar-refractivity contribution in [3.05, 3.63) is 70.9 Å². The SMILES string of the molecule is O=[N+]([O-])c1ccc(Sc2ccc3ncccc3c2)cc1. The number of hydrogen-bond acceptors (Lipinski definition) is 4. The van der Waals surface area contributed by atoms with Crippen molar-refractivity contribution in [1.29, 1.82) is 0 Å². The molecule has 0 radical (unpaired) electrons. The minimum Gasteiger partial charge on any atom is -0.258 e. The van der Waals surface area contributed by atoms with Gasteiger partial charge in [-0.2, -0.15) is 0 Å². The standard InChI is InChI=1S/C15H10N2O2S/c18-17(19)12-3-5-13(6-4-12)20-14-7-8-15-11(10-14)2-1-9-16-15/h1-10H. The molecule has 0 atom stereocenters. The van der Waals surface area contributed by atoms with Crippen LogP contribution < -0.4 is 0 Å². The van der Waals surface area contributed by atoms with Crippen LogP contribution in [-0.2, 0) is 0 Å². The molecule has 1 heterocycles. The average Bonchev–Trinajstić information content (AvgIpc) is 2.48. The molecule has 0 aliphatic heterocycles. The van der Waals surface area contributed by atoms with Crippen LogP contribution in [0.4, 0.5) is 5.69 Å². The highest BCUT2D eigenvalue weighted by molar-refractivity contribution is 7.99. The Bertz CT molecular complexity index is 772. The highest BCUT2D eigenvalue weighted by Gasteiger charge is 2.05. The normalized spacial score (nSPS) is 10.6. The number of hydrogen-bond donors (Lipinski definition) is 0. The van der Waals surface area contributed by atoms with Gasteiger partial charge in [-0.3, -0.25) is 15.1 Å². The van der Waals surface area contributed by atoms with Gasteiger partial charge in [0, 0.05) is 33.5 Å². The lowest BCUT2D eigenvalue weighted by Crippen LogP contribution is -1.86. The molecule has 3 aromatic rings. The first-order chi connectivity index (χ1) is 9.72. The van der Waals surface area contributed by atoms with Gasteiger partial charge in [-0.05, 0) is 36.4 Å². The molecule has 20 heavy (non-hydrogen) atoms. The molecule has 0 saturated carbocycles. The smallest absolute Gasteiger partial charge is 0.258 e. The molecule has 0 aliphatic carbocycles. The van der Waals surface area contributed by atoms with Crippen molar-refractivity contribution in [1.82, 2.24) is 4.98 Å². The molecule has 0 amide bonds. The molecular weight excluding hydrogens is 272 g/mol. The van der Waals surface area contributed by atoms with Gasteiger partial charge in [0.25, 0.3) is 5.69 Å². The Morgan fingerprint density at radius 2 is 1.75 bits per heavy atom. The second-order valence-corrected chi connectivity index (χ2v) is 5.36. The molecule has 2 aromatic carbocycles. The third kappa shape index (κ3) is 2.62. The lowest BCUT2D eigenvalue weighted by Gasteiger charge is -2.03. The summed E-state index contributed by atoms with van der Waals surface area (Å²) in [6, 6.07) is 16.5. The summed E-state index contributed by atoms with van der Waals surface area (Å²) in [4.78, 5) is 16.5. The first-order valence-corrected chi connectivity index (χ1v) is 6.81. The quantitative estimate of drug-likeness (QED) is 0.531. The third-order valence-electron chi connectivity index (χ3n) is 2.86. The summed E-state index contributed by atoms with van der Waals surface area (Å²) in [7, 11) is 0. The Kier molecular flexibility index (Phi) is 3.35. The van der Waals surface area contributed by atoms with Crippen molar-refractivity contribution < 1.29 is 4.92 Å². The molecule has 0 fully saturated rings. The van der Waals surface area contributed by atoms with Crippen molar-refractivity contribution in [2.24, 2.45) is 0 Å². The monoisotopic (exact) mass is 282 g/mol. The van der Waals surface area contributed by atoms with Crippen LogP contribution in [0, 0.1) is 10.1 Å². The number of benzene rings is 2. The van der Waals surface area contributed by atoms with Gasteiger partial charge in [-0.1, -0.05) is 17.8 Å². The Morgan fingerprint density at radius 3 is 2.50 bits per heavy atom. The number of aromatic nitrogens is 1. The van der Waals surface area contributed by atoms with Crippen molar-refractivity contribution >= 4 is 28.4 Å². The van der Waals surface area contributed by atoms with Crippen LogP contribution in [0.5, 0.6) is 0 Å². The fraction of sp³-hybridized carbons (Fsp3) is 0. The van der Waals surface area contributed by atoms with E-state index < -0.39 is 4.92 Å². The van der Waals surface area contributed by atoms with Crippen molar-refractivity contribution in [3.8, 4) is 0 Å². The largest absolute Gasteiger partial charge is 0.269 e. The van der Waals surface area contributed by atoms with Gasteiger partial charge in [0.1, 0.15) is 0 Å². The summed E-state index contributed by atoms with van der Waals surface area (Å²) >= 11 is 1.57. The van der Waals surface area contributed by atoms with Gasteiger partial charge in [0.15, 0.2) is 0 Å². The minimum absolute atomic E-state index is 0.108. The van der Waals surface area contributed by atoms with Gasteiger partial charge >= 0.3 is 0 Å². The Morgan fingerprint density at radius 1 is 1.00 bits per heavy atom. The molecule has 1 aromatic heterocycles. The zero-order chi connectivity index (χ0) is 13.9. The van der Waals surface area contributed by atoms with Gasteiger partial charge in [-0.25, -0.2) is 0 Å². The van der Waals surface area contributed by atoms with Crippen molar-refractivity contribution in [3.63, 3.8) is 0 Å². The zero-order valence-corrected chi connectivity index (χ0v) is 11.2. The van der Waals surface area contributed by atoms with E-state index in [1.807, 2.05) is 24.3 Å². The van der Waals surface area contributed by atoms with Crippen LogP contribution in [0.15, 0.2) is 70.6 Å². The summed E-state index contributed by atoms with van der Waals surface area (Å²) in [5, 5.41) is 11.7. The highest BCUT2D eigenvalue weighted by Crippen LogP contribution is 2.30. The van der Waals surface area contributed by atoms with E-state index in [1.165, 1.54) is 12.1 Å². The van der Waals surface area contributed by atoms with E-state index in [1.54, 1.807) is 30.1 Å². The predicted octanol–water partition coefficient (Wildman–Crippen LogP) is 4.29. The number of nitrogens with zero attached hydrogens (tertiary/aromatic N) is 2. The second kappa shape index (κ2) is 5.30. The maximum absolute atomic E-state index is 10.6. The van der Waals surface area contributed by atoms with Gasteiger partial charge in [0.2, 0.25) is 0 Å². The number of nitro benzene ring substituents is 1. The van der Waals surface area contributed by atoms with E-state index >= 15 is 0 Å². The topological polar surface area (TPSA) is 56.0 Å². The molecule has 0 saturated heterocycles. The fourth-order valence-electron chi connectivity index (χ4n) is 1.89. The second-order valence-electron chi connectivity index (χ2n) is 4.21. The average molecular weight is 282 g/mol. The van der Waals surface area contributed by atoms with Gasteiger partial charge < -0.3 is 0 Å². The number of non-ortho nitro benzene ring substituents is 1. The number of fused-ring (bicyclic) bond motifs is 1. The molecule has 0 bridgehead atoms. The van der Waals surface area contributed by atoms with E-state index in [9.17, 15) is 10.1 Å². The van der Waals surface area contributed by atoms with E-state index in [4.69, 9.17) is 0 Å². The Balaban J connectivity index is 1.87. The zero-order valence-electron chi connectivity index (χ0n) is 10.4. The van der Waals surface area contributed by atoms with E-state index in [-0.39, 0.29) is 5.69 Å². The summed E-state index contributed by atoms with van der Waals surface area (Å²) in [5.41, 5.74) is 1.07. The van der Waals surface area contributed by atoms with Crippen molar-refractivity contribution in [2.45, 2.75) is 9.79 Å². The first kappa shape index (κ1) is 12.6. The van der Waals surface area contributed by atoms with Crippen LogP contribution >= 0.6 is 11.8 Å². The van der Waals surface area contributed by atoms with Crippen LogP contribution in [0.2, 0.25) is 0 Å². The van der Waals surface area contributed by atoms with Gasteiger partial charge in [-0.15, -0.1) is 0 Å². The summed E-state index contributed by atoms with van der Waals surface area (Å²) in [6.45, 7) is 0. The van der Waals surface area contributed by atoms with Gasteiger partial charge in [0.05, 0.1) is 10.4 Å². The Labute approximate surface area is 119 Å². The summed E-state index contributed by atoms with van der Waals surface area (Å²) in [6.07, 6.45) is 1.77. The molecular formula is C15H10N2O2S. The lowest BCUT2D eigenvalue weighted by atomic mass is 10.2. The highest BCUT2D eigenvalue weighted by atomic mass is 32.2. The maximum Gasteiger partial charge on any atom is 0.269 e. The first-order valence-electron chi connectivity index (χ1n) is 5.99. The number of nitro groups is 1. The van der Waals surface area contributed by atoms with Crippen LogP contribution in [0.25, 0.3) is 10.9 Å². The van der Waals surface area contributed by atoms with Crippen molar-refractivity contribution in [2.75, 3.05) is 0 Å². The molecule has 3 rings (SSSR count). The summed E-state index contributed by atoms with van der Waals surface area (Å²) in [5.74, 6) is 0. The number of pyridine rings is 1. The van der Waals surface area contributed by atoms with E-state index in [2.05, 4.69) is 11.1 Å². The molecule has 0 unspecified atom stereocenters. The molecule has 4 nitrogen and oxygen atoms in total. The predicted molar refractivity (Wildman–Crippen MR) is 79.0 cm³/mol. The fourth-order valence-corrected chi connectivity index (χ4v) is 2.76. The molecule has 98 valence electrons. The summed E-state index contributed by atoms with van der Waals surface area (Å²) < 4.78 is 0. The van der Waals surface area contributed by atoms with Crippen LogP contribution in [-0.4, -0.2) is 9.91 Å². The molecule has 0 spiro atoms. The molecule has 5 heteroatoms. The van der Waals surface area contributed by atoms with E-state index in [0.717, 1.165) is 20.7 Å². The van der Waals surface area contributed by atoms with E-state index in [0.29, 0.717) is 0 Å². The molecule has 0 N–H and O–H groups in total. The Hall–Kier alpha value is -2.40. The van der Waals surface area contributed by atoms with Crippen LogP contribution in [0.1, 0.15) is 0 Å². The number of rotatable bonds is 3. The third-order valence-corrected chi connectivity index (χ3v) is 3.86. The maximum atomic E-state index is 10.6. The lowest BCUT2D eigenvalue weighted by molar-refractivity contribution is -0.384. The molecule has 0 aliphatic rings. The van der Waals surface area contributed by atoms with Crippen LogP contribution in [0.3, 0.4) is 0 Å². The minimum atomic E-state index is -0.393.